The van der Waals surface area contributed by atoms with Crippen molar-refractivity contribution in [3.8, 4) is 6.07 Å². The number of nitriles is 1. The summed E-state index contributed by atoms with van der Waals surface area (Å²) in [6.07, 6.45) is 0. The van der Waals surface area contributed by atoms with Gasteiger partial charge in [-0.2, -0.15) is 14.0 Å². The number of nitrogens with zero attached hydrogens (tertiary/aromatic N) is 1. The molecule has 0 spiro atoms. The van der Waals surface area contributed by atoms with E-state index in [2.05, 4.69) is 9.72 Å². The summed E-state index contributed by atoms with van der Waals surface area (Å²) >= 11 is 0. The maximum Gasteiger partial charge on any atom is 0.382 e. The Morgan fingerprint density at radius 2 is 2.14 bits per heavy atom. The Balaban J connectivity index is 2.76. The normalized spacial score (nSPS) is 11.2. The topological polar surface area (TPSA) is 82.9 Å². The fourth-order valence-electron chi connectivity index (χ4n) is 1.93. The van der Waals surface area contributed by atoms with Crippen LogP contribution >= 0.6 is 0 Å². The number of H-pyrrole nitrogens is 1. The van der Waals surface area contributed by atoms with E-state index in [-0.39, 0.29) is 17.5 Å². The molecule has 2 aromatic rings. The fraction of sp³-hybridized carbons (Fsp3) is 0.214. The van der Waals surface area contributed by atoms with Gasteiger partial charge in [0.05, 0.1) is 17.7 Å². The highest BCUT2D eigenvalue weighted by molar-refractivity contribution is 5.87. The van der Waals surface area contributed by atoms with Gasteiger partial charge in [-0.1, -0.05) is 0 Å². The summed E-state index contributed by atoms with van der Waals surface area (Å²) in [6, 6.07) is 4.23. The summed E-state index contributed by atoms with van der Waals surface area (Å²) in [6.45, 7) is 1.04. The maximum atomic E-state index is 14.0. The quantitative estimate of drug-likeness (QED) is 0.881. The van der Waals surface area contributed by atoms with Gasteiger partial charge in [-0.05, 0) is 25.1 Å². The molecule has 1 N–H and O–H groups in total. The summed E-state index contributed by atoms with van der Waals surface area (Å²) in [5.74, 6) is -7.03. The Morgan fingerprint density at radius 1 is 1.45 bits per heavy atom. The van der Waals surface area contributed by atoms with Crippen molar-refractivity contribution in [3.63, 3.8) is 0 Å². The Morgan fingerprint density at radius 3 is 2.73 bits per heavy atom. The van der Waals surface area contributed by atoms with E-state index in [0.29, 0.717) is 6.07 Å². The van der Waals surface area contributed by atoms with Crippen LogP contribution in [-0.2, 0) is 15.5 Å². The second-order valence-electron chi connectivity index (χ2n) is 4.30. The minimum Gasteiger partial charge on any atom is -0.461 e. The second kappa shape index (κ2) is 5.52. The van der Waals surface area contributed by atoms with E-state index < -0.39 is 34.4 Å². The molecule has 1 heterocycles. The lowest BCUT2D eigenvalue weighted by Crippen LogP contribution is -2.34. The number of esters is 1. The molecule has 0 aliphatic heterocycles. The van der Waals surface area contributed by atoms with Crippen molar-refractivity contribution >= 4 is 16.9 Å². The third-order valence-electron chi connectivity index (χ3n) is 2.96. The molecule has 0 bridgehead atoms. The first-order valence-electron chi connectivity index (χ1n) is 6.14. The number of pyridine rings is 1. The number of hydrogen-bond acceptors (Lipinski definition) is 4. The molecule has 0 saturated carbocycles. The number of alkyl halides is 2. The van der Waals surface area contributed by atoms with Gasteiger partial charge in [-0.25, -0.2) is 9.18 Å². The van der Waals surface area contributed by atoms with Crippen molar-refractivity contribution in [3.05, 3.63) is 45.5 Å². The van der Waals surface area contributed by atoms with E-state index in [9.17, 15) is 22.8 Å². The molecule has 114 valence electrons. The van der Waals surface area contributed by atoms with Crippen LogP contribution in [0.5, 0.6) is 0 Å². The van der Waals surface area contributed by atoms with Crippen LogP contribution in [0.4, 0.5) is 13.2 Å². The molecule has 8 heteroatoms. The van der Waals surface area contributed by atoms with E-state index in [1.807, 2.05) is 0 Å². The number of aromatic nitrogens is 1. The first-order valence-corrected chi connectivity index (χ1v) is 6.14. The molecule has 0 unspecified atom stereocenters. The number of rotatable bonds is 3. The highest BCUT2D eigenvalue weighted by atomic mass is 19.3. The van der Waals surface area contributed by atoms with Gasteiger partial charge >= 0.3 is 11.9 Å². The van der Waals surface area contributed by atoms with Gasteiger partial charge < -0.3 is 9.72 Å². The minimum atomic E-state index is -4.21. The molecule has 0 aliphatic carbocycles. The monoisotopic (exact) mass is 310 g/mol. The van der Waals surface area contributed by atoms with Gasteiger partial charge in [0.1, 0.15) is 11.9 Å². The van der Waals surface area contributed by atoms with Crippen LogP contribution in [0.3, 0.4) is 0 Å². The zero-order valence-electron chi connectivity index (χ0n) is 11.2. The highest BCUT2D eigenvalue weighted by Crippen LogP contribution is 2.29. The molecule has 0 atom stereocenters. The number of carbonyl (C=O) groups is 1. The number of nitrogens with one attached hydrogen (secondary N) is 1. The first kappa shape index (κ1) is 15.6. The average molecular weight is 310 g/mol. The molecule has 0 fully saturated rings. The van der Waals surface area contributed by atoms with Crippen LogP contribution in [0, 0.1) is 17.1 Å². The third-order valence-corrected chi connectivity index (χ3v) is 2.96. The lowest BCUT2D eigenvalue weighted by Gasteiger charge is -2.14. The van der Waals surface area contributed by atoms with Crippen LogP contribution in [0.2, 0.25) is 0 Å². The van der Waals surface area contributed by atoms with E-state index >= 15 is 0 Å². The molecule has 1 aromatic carbocycles. The van der Waals surface area contributed by atoms with Crippen LogP contribution in [0.15, 0.2) is 23.0 Å². The van der Waals surface area contributed by atoms with Crippen LogP contribution in [-0.4, -0.2) is 17.6 Å². The predicted octanol–water partition coefficient (Wildman–Crippen LogP) is 2.19. The van der Waals surface area contributed by atoms with Crippen molar-refractivity contribution in [1.82, 2.24) is 4.98 Å². The molecule has 22 heavy (non-hydrogen) atoms. The molecule has 0 radical (unpaired) electrons. The lowest BCUT2D eigenvalue weighted by molar-refractivity contribution is -0.173. The maximum absolute atomic E-state index is 14.0. The standard InChI is InChI=1S/C14H9F3N2O3/c1-2-22-13(21)14(16,17)9-5-7-8(6-18)10(15)3-4-11(7)19-12(9)20/h3-5H,2H2,1H3,(H,19,20). The zero-order chi connectivity index (χ0) is 16.5. The Kier molecular flexibility index (Phi) is 3.91. The van der Waals surface area contributed by atoms with Crippen molar-refractivity contribution in [1.29, 1.82) is 5.26 Å². The number of hydrogen-bond donors (Lipinski definition) is 1. The van der Waals surface area contributed by atoms with Gasteiger partial charge in [0.2, 0.25) is 0 Å². The number of ether oxygens (including phenoxy) is 1. The molecule has 2 rings (SSSR count). The summed E-state index contributed by atoms with van der Waals surface area (Å²) < 4.78 is 45.7. The number of halogens is 3. The fourth-order valence-corrected chi connectivity index (χ4v) is 1.93. The van der Waals surface area contributed by atoms with Gasteiger partial charge in [0.15, 0.2) is 0 Å². The molecule has 1 aromatic heterocycles. The van der Waals surface area contributed by atoms with Crippen LogP contribution < -0.4 is 5.56 Å². The first-order chi connectivity index (χ1) is 10.3. The molecule has 0 saturated heterocycles. The molecular formula is C14H9F3N2O3. The van der Waals surface area contributed by atoms with Crippen molar-refractivity contribution in [2.24, 2.45) is 0 Å². The van der Waals surface area contributed by atoms with E-state index in [4.69, 9.17) is 5.26 Å². The van der Waals surface area contributed by atoms with Crippen molar-refractivity contribution in [2.45, 2.75) is 12.8 Å². The highest BCUT2D eigenvalue weighted by Gasteiger charge is 2.45. The Hall–Kier alpha value is -2.82. The van der Waals surface area contributed by atoms with E-state index in [1.54, 1.807) is 0 Å². The predicted molar refractivity (Wildman–Crippen MR) is 69.8 cm³/mol. The van der Waals surface area contributed by atoms with E-state index in [0.717, 1.165) is 12.1 Å². The Labute approximate surface area is 121 Å². The number of benzene rings is 1. The third kappa shape index (κ3) is 2.41. The summed E-state index contributed by atoms with van der Waals surface area (Å²) in [5, 5.41) is 8.69. The Bertz CT molecular complexity index is 853. The number of fused-ring (bicyclic) bond motifs is 1. The average Bonchev–Trinajstić information content (AvgIpc) is 2.47. The number of carbonyl (C=O) groups excluding carboxylic acids is 1. The van der Waals surface area contributed by atoms with Gasteiger partial charge in [0.25, 0.3) is 5.56 Å². The second-order valence-corrected chi connectivity index (χ2v) is 4.30. The molecular weight excluding hydrogens is 301 g/mol. The number of aromatic amines is 1. The van der Waals surface area contributed by atoms with Crippen LogP contribution in [0.25, 0.3) is 10.9 Å². The lowest BCUT2D eigenvalue weighted by atomic mass is 10.0. The summed E-state index contributed by atoms with van der Waals surface area (Å²) in [7, 11) is 0. The molecule has 0 amide bonds. The van der Waals surface area contributed by atoms with Gasteiger partial charge in [-0.3, -0.25) is 4.79 Å². The van der Waals surface area contributed by atoms with Crippen LogP contribution in [0.1, 0.15) is 18.1 Å². The largest absolute Gasteiger partial charge is 0.461 e. The summed E-state index contributed by atoms with van der Waals surface area (Å²) in [4.78, 5) is 25.2. The minimum absolute atomic E-state index is 0.00589. The van der Waals surface area contributed by atoms with Gasteiger partial charge in [0, 0.05) is 10.9 Å². The zero-order valence-corrected chi connectivity index (χ0v) is 11.2. The smallest absolute Gasteiger partial charge is 0.382 e. The van der Waals surface area contributed by atoms with Crippen molar-refractivity contribution < 1.29 is 22.7 Å². The SMILES string of the molecule is CCOC(=O)C(F)(F)c1cc2c(C#N)c(F)ccc2[nH]c1=O. The summed E-state index contributed by atoms with van der Waals surface area (Å²) in [5.41, 5.74) is -2.93. The van der Waals surface area contributed by atoms with Gasteiger partial charge in [-0.15, -0.1) is 0 Å². The van der Waals surface area contributed by atoms with Crippen molar-refractivity contribution in [2.75, 3.05) is 6.61 Å². The van der Waals surface area contributed by atoms with E-state index in [1.165, 1.54) is 13.0 Å². The molecule has 5 nitrogen and oxygen atoms in total. The molecule has 0 aliphatic rings.